The fraction of sp³-hybridized carbons (Fsp3) is 0. The zero-order valence-electron chi connectivity index (χ0n) is 28.2. The number of nitrogens with zero attached hydrogens (tertiary/aromatic N) is 1. The predicted octanol–water partition coefficient (Wildman–Crippen LogP) is 14.1. The number of rotatable bonds is 7. The molecular formula is C50H35N. The van der Waals surface area contributed by atoms with Crippen LogP contribution in [0.4, 0.5) is 17.1 Å². The highest BCUT2D eigenvalue weighted by atomic mass is 15.1. The molecule has 0 heterocycles. The van der Waals surface area contributed by atoms with Gasteiger partial charge in [0.15, 0.2) is 0 Å². The average Bonchev–Trinajstić information content (AvgIpc) is 3.22. The smallest absolute Gasteiger partial charge is 0.0540 e. The Morgan fingerprint density at radius 3 is 1.49 bits per heavy atom. The molecule has 51 heavy (non-hydrogen) atoms. The molecule has 0 aromatic heterocycles. The molecule has 0 amide bonds. The van der Waals surface area contributed by atoms with Crippen molar-refractivity contribution in [2.45, 2.75) is 0 Å². The van der Waals surface area contributed by atoms with Crippen molar-refractivity contribution in [1.82, 2.24) is 0 Å². The molecule has 0 saturated carbocycles. The zero-order chi connectivity index (χ0) is 34.0. The Balaban J connectivity index is 1.26. The zero-order valence-corrected chi connectivity index (χ0v) is 28.2. The van der Waals surface area contributed by atoms with E-state index in [2.05, 4.69) is 217 Å². The Bertz CT molecular complexity index is 2610. The Kier molecular flexibility index (Phi) is 7.92. The van der Waals surface area contributed by atoms with Gasteiger partial charge in [-0.25, -0.2) is 0 Å². The van der Waals surface area contributed by atoms with Gasteiger partial charge in [0.1, 0.15) is 0 Å². The number of para-hydroxylation sites is 1. The Morgan fingerprint density at radius 2 is 0.765 bits per heavy atom. The molecule has 0 aliphatic rings. The maximum absolute atomic E-state index is 2.38. The van der Waals surface area contributed by atoms with Crippen molar-refractivity contribution in [2.75, 3.05) is 4.90 Å². The summed E-state index contributed by atoms with van der Waals surface area (Å²) in [6, 6.07) is 76.6. The molecule has 1 heteroatoms. The summed E-state index contributed by atoms with van der Waals surface area (Å²) < 4.78 is 0. The summed E-state index contributed by atoms with van der Waals surface area (Å²) in [5.41, 5.74) is 13.1. The molecule has 0 bridgehead atoms. The monoisotopic (exact) mass is 649 g/mol. The Morgan fingerprint density at radius 1 is 0.255 bits per heavy atom. The van der Waals surface area contributed by atoms with Gasteiger partial charge in [0, 0.05) is 16.8 Å². The van der Waals surface area contributed by atoms with Gasteiger partial charge < -0.3 is 4.90 Å². The number of hydrogen-bond acceptors (Lipinski definition) is 1. The van der Waals surface area contributed by atoms with Gasteiger partial charge in [0.2, 0.25) is 0 Å². The minimum absolute atomic E-state index is 1.11. The van der Waals surface area contributed by atoms with E-state index in [9.17, 15) is 0 Å². The molecule has 9 aromatic carbocycles. The van der Waals surface area contributed by atoms with Crippen molar-refractivity contribution >= 4 is 38.6 Å². The summed E-state index contributed by atoms with van der Waals surface area (Å²) >= 11 is 0. The highest BCUT2D eigenvalue weighted by Crippen LogP contribution is 2.47. The number of benzene rings is 9. The van der Waals surface area contributed by atoms with Crippen LogP contribution >= 0.6 is 0 Å². The molecular weight excluding hydrogens is 615 g/mol. The molecule has 0 fully saturated rings. The molecule has 0 aliphatic heterocycles. The maximum atomic E-state index is 2.38. The number of anilines is 3. The molecule has 0 saturated heterocycles. The summed E-state index contributed by atoms with van der Waals surface area (Å²) in [6.07, 6.45) is 0. The van der Waals surface area contributed by atoms with Crippen LogP contribution in [0.5, 0.6) is 0 Å². The van der Waals surface area contributed by atoms with Crippen LogP contribution in [0.2, 0.25) is 0 Å². The summed E-state index contributed by atoms with van der Waals surface area (Å²) in [4.78, 5) is 2.38. The molecule has 0 radical (unpaired) electrons. The van der Waals surface area contributed by atoms with Crippen molar-refractivity contribution < 1.29 is 0 Å². The fourth-order valence-electron chi connectivity index (χ4n) is 7.51. The summed E-state index contributed by atoms with van der Waals surface area (Å²) in [7, 11) is 0. The molecule has 0 spiro atoms. The van der Waals surface area contributed by atoms with Crippen LogP contribution in [0.1, 0.15) is 0 Å². The van der Waals surface area contributed by atoms with Gasteiger partial charge in [0.05, 0.1) is 5.69 Å². The first kappa shape index (κ1) is 30.4. The van der Waals surface area contributed by atoms with E-state index in [1.54, 1.807) is 0 Å². The molecule has 9 aromatic rings. The van der Waals surface area contributed by atoms with E-state index in [1.165, 1.54) is 66.1 Å². The van der Waals surface area contributed by atoms with Crippen molar-refractivity contribution in [1.29, 1.82) is 0 Å². The third-order valence-electron chi connectivity index (χ3n) is 9.89. The van der Waals surface area contributed by atoms with E-state index in [0.717, 1.165) is 17.1 Å². The Labute approximate surface area is 299 Å². The number of hydrogen-bond donors (Lipinski definition) is 0. The van der Waals surface area contributed by atoms with E-state index in [4.69, 9.17) is 0 Å². The van der Waals surface area contributed by atoms with Gasteiger partial charge in [-0.3, -0.25) is 0 Å². The lowest BCUT2D eigenvalue weighted by Crippen LogP contribution is -2.10. The molecule has 1 nitrogen and oxygen atoms in total. The van der Waals surface area contributed by atoms with Gasteiger partial charge in [-0.1, -0.05) is 182 Å². The van der Waals surface area contributed by atoms with E-state index < -0.39 is 0 Å². The fourth-order valence-corrected chi connectivity index (χ4v) is 7.51. The van der Waals surface area contributed by atoms with Crippen LogP contribution in [-0.4, -0.2) is 0 Å². The van der Waals surface area contributed by atoms with E-state index in [0.29, 0.717) is 0 Å². The molecule has 9 rings (SSSR count). The van der Waals surface area contributed by atoms with Crippen molar-refractivity contribution in [2.24, 2.45) is 0 Å². The van der Waals surface area contributed by atoms with Crippen LogP contribution in [0.15, 0.2) is 212 Å². The molecule has 0 N–H and O–H groups in total. The second kappa shape index (κ2) is 13.3. The maximum Gasteiger partial charge on any atom is 0.0540 e. The van der Waals surface area contributed by atoms with Crippen LogP contribution in [-0.2, 0) is 0 Å². The molecule has 0 aliphatic carbocycles. The van der Waals surface area contributed by atoms with Gasteiger partial charge in [0.25, 0.3) is 0 Å². The average molecular weight is 650 g/mol. The topological polar surface area (TPSA) is 3.24 Å². The predicted molar refractivity (Wildman–Crippen MR) is 218 cm³/mol. The van der Waals surface area contributed by atoms with Crippen molar-refractivity contribution in [3.63, 3.8) is 0 Å². The summed E-state index contributed by atoms with van der Waals surface area (Å²) in [5, 5.41) is 4.89. The highest BCUT2D eigenvalue weighted by molar-refractivity contribution is 6.13. The third kappa shape index (κ3) is 5.65. The summed E-state index contributed by atoms with van der Waals surface area (Å²) in [5.74, 6) is 0. The third-order valence-corrected chi connectivity index (χ3v) is 9.89. The lowest BCUT2D eigenvalue weighted by molar-refractivity contribution is 1.30. The largest absolute Gasteiger partial charge is 0.310 e. The minimum atomic E-state index is 1.11. The number of fused-ring (bicyclic) bond motifs is 2. The first-order valence-electron chi connectivity index (χ1n) is 17.5. The van der Waals surface area contributed by atoms with Crippen molar-refractivity contribution in [3.8, 4) is 44.5 Å². The molecule has 240 valence electrons. The van der Waals surface area contributed by atoms with Crippen LogP contribution < -0.4 is 4.90 Å². The van der Waals surface area contributed by atoms with E-state index in [-0.39, 0.29) is 0 Å². The lowest BCUT2D eigenvalue weighted by Gasteiger charge is -2.28. The van der Waals surface area contributed by atoms with E-state index in [1.807, 2.05) is 0 Å². The second-order valence-electron chi connectivity index (χ2n) is 12.9. The van der Waals surface area contributed by atoms with Gasteiger partial charge >= 0.3 is 0 Å². The van der Waals surface area contributed by atoms with Crippen LogP contribution in [0.3, 0.4) is 0 Å². The normalized spacial score (nSPS) is 11.1. The second-order valence-corrected chi connectivity index (χ2v) is 12.9. The quantitative estimate of drug-likeness (QED) is 0.166. The van der Waals surface area contributed by atoms with Gasteiger partial charge in [-0.2, -0.15) is 0 Å². The molecule has 0 unspecified atom stereocenters. The van der Waals surface area contributed by atoms with Gasteiger partial charge in [-0.15, -0.1) is 0 Å². The minimum Gasteiger partial charge on any atom is -0.310 e. The van der Waals surface area contributed by atoms with Crippen molar-refractivity contribution in [3.05, 3.63) is 212 Å². The lowest BCUT2D eigenvalue weighted by atomic mass is 9.84. The van der Waals surface area contributed by atoms with Gasteiger partial charge in [-0.05, 0) is 91.0 Å². The highest BCUT2D eigenvalue weighted by Gasteiger charge is 2.21. The Hall–Kier alpha value is -6.70. The SMILES string of the molecule is c1ccc(-c2ccc(N(c3ccccc3)c3ccc(-c4ccc5ccccc5c4-c4ccccc4-c4ccccc4)c4ccccc34)cc2)cc1. The first-order valence-corrected chi connectivity index (χ1v) is 17.5. The summed E-state index contributed by atoms with van der Waals surface area (Å²) in [6.45, 7) is 0. The first-order chi connectivity index (χ1) is 25.3. The van der Waals surface area contributed by atoms with Crippen LogP contribution in [0.25, 0.3) is 66.1 Å². The standard InChI is InChI=1S/C50H35N/c1-4-16-36(17-5-1)37-28-31-41(32-29-37)51(40-21-8-3-9-22-40)49-35-34-45(44-25-13-14-26-46(44)49)48-33-30-39-20-10-11-24-43(39)50(48)47-27-15-12-23-42(47)38-18-6-2-7-19-38/h1-35H. The molecule has 0 atom stereocenters. The van der Waals surface area contributed by atoms with Crippen LogP contribution in [0, 0.1) is 0 Å². The van der Waals surface area contributed by atoms with E-state index >= 15 is 0 Å².